The van der Waals surface area contributed by atoms with E-state index in [0.717, 1.165) is 13.0 Å². The fourth-order valence-corrected chi connectivity index (χ4v) is 2.60. The third kappa shape index (κ3) is 2.33. The molecule has 0 aromatic heterocycles. The van der Waals surface area contributed by atoms with Gasteiger partial charge in [-0.15, -0.1) is 0 Å². The summed E-state index contributed by atoms with van der Waals surface area (Å²) in [5.74, 6) is 0. The van der Waals surface area contributed by atoms with Crippen LogP contribution in [-0.2, 0) is 4.74 Å². The summed E-state index contributed by atoms with van der Waals surface area (Å²) in [6.45, 7) is 8.85. The lowest BCUT2D eigenvalue weighted by molar-refractivity contribution is 0.0217. The van der Waals surface area contributed by atoms with E-state index in [9.17, 15) is 4.79 Å². The monoisotopic (exact) mass is 225 g/mol. The molecule has 16 heavy (non-hydrogen) atoms. The van der Waals surface area contributed by atoms with Crippen LogP contribution in [0.2, 0.25) is 0 Å². The maximum absolute atomic E-state index is 12.0. The van der Waals surface area contributed by atoms with Gasteiger partial charge in [-0.25, -0.2) is 4.79 Å². The largest absolute Gasteiger partial charge is 0.444 e. The van der Waals surface area contributed by atoms with Crippen LogP contribution >= 0.6 is 0 Å². The summed E-state index contributed by atoms with van der Waals surface area (Å²) in [5, 5.41) is 0. The average molecular weight is 225 g/mol. The molecule has 1 heterocycles. The Kier molecular flexibility index (Phi) is 2.67. The molecule has 1 aliphatic carbocycles. The van der Waals surface area contributed by atoms with Crippen LogP contribution in [0, 0.1) is 5.41 Å². The van der Waals surface area contributed by atoms with E-state index in [-0.39, 0.29) is 11.7 Å². The Hall–Kier alpha value is -0.730. The molecule has 1 aliphatic heterocycles. The van der Waals surface area contributed by atoms with Crippen molar-refractivity contribution in [1.29, 1.82) is 0 Å². The highest BCUT2D eigenvalue weighted by molar-refractivity contribution is 5.69. The Morgan fingerprint density at radius 1 is 1.44 bits per heavy atom. The number of carbonyl (C=O) groups is 1. The molecule has 0 aromatic rings. The Morgan fingerprint density at radius 3 is 2.50 bits per heavy atom. The minimum absolute atomic E-state index is 0.122. The minimum atomic E-state index is -0.380. The second-order valence-electron chi connectivity index (χ2n) is 6.37. The SMILES string of the molecule is CC[C@H]1CC2(CC2)CN1C(=O)OC(C)(C)C. The lowest BCUT2D eigenvalue weighted by atomic mass is 10.0. The van der Waals surface area contributed by atoms with Gasteiger partial charge in [0.2, 0.25) is 0 Å². The Morgan fingerprint density at radius 2 is 2.06 bits per heavy atom. The lowest BCUT2D eigenvalue weighted by Gasteiger charge is -2.28. The molecule has 1 spiro atoms. The van der Waals surface area contributed by atoms with Crippen molar-refractivity contribution in [3.63, 3.8) is 0 Å². The Labute approximate surface area is 98.1 Å². The smallest absolute Gasteiger partial charge is 0.410 e. The Balaban J connectivity index is 2.00. The number of carbonyl (C=O) groups excluding carboxylic acids is 1. The van der Waals surface area contributed by atoms with Crippen LogP contribution in [-0.4, -0.2) is 29.2 Å². The summed E-state index contributed by atoms with van der Waals surface area (Å²) < 4.78 is 5.46. The number of ether oxygens (including phenoxy) is 1. The first kappa shape index (κ1) is 11.7. The molecule has 0 radical (unpaired) electrons. The van der Waals surface area contributed by atoms with Gasteiger partial charge in [0.1, 0.15) is 5.60 Å². The predicted octanol–water partition coefficient (Wildman–Crippen LogP) is 3.19. The molecular weight excluding hydrogens is 202 g/mol. The molecule has 1 saturated carbocycles. The standard InChI is InChI=1S/C13H23NO2/c1-5-10-8-13(6-7-13)9-14(10)11(15)16-12(2,3)4/h10H,5-9H2,1-4H3/t10-/m0/s1. The molecule has 0 bridgehead atoms. The number of nitrogens with zero attached hydrogens (tertiary/aromatic N) is 1. The van der Waals surface area contributed by atoms with E-state index >= 15 is 0 Å². The van der Waals surface area contributed by atoms with E-state index in [1.165, 1.54) is 19.3 Å². The molecule has 2 rings (SSSR count). The van der Waals surface area contributed by atoms with Crippen molar-refractivity contribution in [3.8, 4) is 0 Å². The van der Waals surface area contributed by atoms with Crippen LogP contribution in [0.1, 0.15) is 53.4 Å². The van der Waals surface area contributed by atoms with Crippen molar-refractivity contribution >= 4 is 6.09 Å². The molecule has 1 amide bonds. The molecule has 0 unspecified atom stereocenters. The Bertz CT molecular complexity index is 289. The molecule has 2 aliphatic rings. The summed E-state index contributed by atoms with van der Waals surface area (Å²) in [5.41, 5.74) is 0.0895. The van der Waals surface area contributed by atoms with Crippen LogP contribution in [0.4, 0.5) is 4.79 Å². The predicted molar refractivity (Wildman–Crippen MR) is 63.3 cm³/mol. The molecule has 3 nitrogen and oxygen atoms in total. The van der Waals surface area contributed by atoms with Crippen LogP contribution in [0.15, 0.2) is 0 Å². The zero-order valence-electron chi connectivity index (χ0n) is 10.9. The first-order chi connectivity index (χ1) is 7.35. The van der Waals surface area contributed by atoms with Crippen molar-refractivity contribution in [3.05, 3.63) is 0 Å². The van der Waals surface area contributed by atoms with Gasteiger partial charge in [-0.05, 0) is 51.9 Å². The van der Waals surface area contributed by atoms with Gasteiger partial charge in [-0.1, -0.05) is 6.92 Å². The summed E-state index contributed by atoms with van der Waals surface area (Å²) in [6, 6.07) is 0.400. The van der Waals surface area contributed by atoms with Gasteiger partial charge in [-0.2, -0.15) is 0 Å². The average Bonchev–Trinajstić information content (AvgIpc) is 2.75. The van der Waals surface area contributed by atoms with Gasteiger partial charge in [0, 0.05) is 12.6 Å². The van der Waals surface area contributed by atoms with Gasteiger partial charge < -0.3 is 9.64 Å². The van der Waals surface area contributed by atoms with Crippen LogP contribution in [0.5, 0.6) is 0 Å². The number of rotatable bonds is 1. The highest BCUT2D eigenvalue weighted by atomic mass is 16.6. The molecule has 0 N–H and O–H groups in total. The molecule has 1 atom stereocenters. The first-order valence-electron chi connectivity index (χ1n) is 6.35. The lowest BCUT2D eigenvalue weighted by Crippen LogP contribution is -2.39. The molecule has 2 fully saturated rings. The topological polar surface area (TPSA) is 29.5 Å². The van der Waals surface area contributed by atoms with E-state index in [2.05, 4.69) is 6.92 Å². The quantitative estimate of drug-likeness (QED) is 0.686. The van der Waals surface area contributed by atoms with Crippen molar-refractivity contribution in [2.45, 2.75) is 65.0 Å². The van der Waals surface area contributed by atoms with Crippen LogP contribution in [0.3, 0.4) is 0 Å². The fourth-order valence-electron chi connectivity index (χ4n) is 2.60. The molecule has 1 saturated heterocycles. The summed E-state index contributed by atoms with van der Waals surface area (Å²) in [7, 11) is 0. The van der Waals surface area contributed by atoms with Gasteiger partial charge in [-0.3, -0.25) is 0 Å². The highest BCUT2D eigenvalue weighted by Crippen LogP contribution is 2.55. The zero-order valence-corrected chi connectivity index (χ0v) is 10.9. The second-order valence-corrected chi connectivity index (χ2v) is 6.37. The van der Waals surface area contributed by atoms with Crippen molar-refractivity contribution in [2.24, 2.45) is 5.41 Å². The fraction of sp³-hybridized carbons (Fsp3) is 0.923. The first-order valence-corrected chi connectivity index (χ1v) is 6.35. The van der Waals surface area contributed by atoms with Crippen molar-refractivity contribution in [2.75, 3.05) is 6.54 Å². The zero-order chi connectivity index (χ0) is 12.0. The van der Waals surface area contributed by atoms with Gasteiger partial charge in [0.15, 0.2) is 0 Å². The van der Waals surface area contributed by atoms with Crippen molar-refractivity contribution in [1.82, 2.24) is 4.90 Å². The minimum Gasteiger partial charge on any atom is -0.444 e. The van der Waals surface area contributed by atoms with Gasteiger partial charge >= 0.3 is 6.09 Å². The highest BCUT2D eigenvalue weighted by Gasteiger charge is 2.53. The summed E-state index contributed by atoms with van der Waals surface area (Å²) >= 11 is 0. The van der Waals surface area contributed by atoms with Crippen LogP contribution < -0.4 is 0 Å². The maximum Gasteiger partial charge on any atom is 0.410 e. The third-order valence-electron chi connectivity index (χ3n) is 3.67. The number of amides is 1. The number of hydrogen-bond donors (Lipinski definition) is 0. The van der Waals surface area contributed by atoms with Crippen LogP contribution in [0.25, 0.3) is 0 Å². The van der Waals surface area contributed by atoms with E-state index in [4.69, 9.17) is 4.74 Å². The maximum atomic E-state index is 12.0. The van der Waals surface area contributed by atoms with E-state index < -0.39 is 0 Å². The summed E-state index contributed by atoms with van der Waals surface area (Å²) in [6.07, 6.45) is 4.69. The third-order valence-corrected chi connectivity index (χ3v) is 3.67. The number of likely N-dealkylation sites (tertiary alicyclic amines) is 1. The van der Waals surface area contributed by atoms with Gasteiger partial charge in [0.05, 0.1) is 0 Å². The van der Waals surface area contributed by atoms with E-state index in [1.807, 2.05) is 25.7 Å². The number of hydrogen-bond acceptors (Lipinski definition) is 2. The van der Waals surface area contributed by atoms with E-state index in [1.54, 1.807) is 0 Å². The van der Waals surface area contributed by atoms with Crippen molar-refractivity contribution < 1.29 is 9.53 Å². The van der Waals surface area contributed by atoms with E-state index in [0.29, 0.717) is 11.5 Å². The van der Waals surface area contributed by atoms with Gasteiger partial charge in [0.25, 0.3) is 0 Å². The molecule has 0 aromatic carbocycles. The second kappa shape index (κ2) is 3.64. The molecular formula is C13H23NO2. The molecule has 92 valence electrons. The molecule has 3 heteroatoms. The summed E-state index contributed by atoms with van der Waals surface area (Å²) in [4.78, 5) is 14.0. The normalized spacial score (nSPS) is 27.2.